The largest absolute Gasteiger partial charge is 0.530 e. The van der Waals surface area contributed by atoms with Crippen LogP contribution < -0.4 is 10.4 Å². The zero-order valence-electron chi connectivity index (χ0n) is 6.82. The quantitative estimate of drug-likeness (QED) is 0.240. The lowest BCUT2D eigenvalue weighted by Crippen LogP contribution is -2.47. The molecule has 0 aromatic heterocycles. The minimum atomic E-state index is -1.54. The number of nitrogens with zero attached hydrogens (tertiary/aromatic N) is 1. The number of carbonyl (C=O) groups is 2. The van der Waals surface area contributed by atoms with E-state index in [4.69, 9.17) is 5.53 Å². The summed E-state index contributed by atoms with van der Waals surface area (Å²) < 4.78 is 0. The molecule has 1 unspecified atom stereocenters. The Morgan fingerprint density at radius 3 is 2.69 bits per heavy atom. The molecule has 0 fully saturated rings. The van der Waals surface area contributed by atoms with Gasteiger partial charge in [-0.3, -0.25) is 4.79 Å². The summed E-state index contributed by atoms with van der Waals surface area (Å²) in [7, 11) is 0. The summed E-state index contributed by atoms with van der Waals surface area (Å²) in [6, 6.07) is -0.961. The fourth-order valence-electron chi connectivity index (χ4n) is 0.709. The number of rotatable bonds is 5. The van der Waals surface area contributed by atoms with E-state index < -0.39 is 17.9 Å². The van der Waals surface area contributed by atoms with E-state index in [1.54, 1.807) is 0 Å². The molecule has 1 amide bonds. The van der Waals surface area contributed by atoms with E-state index in [0.29, 0.717) is 0 Å². The maximum absolute atomic E-state index is 11.0. The first-order valence-corrected chi connectivity index (χ1v) is 3.43. The van der Waals surface area contributed by atoms with Crippen molar-refractivity contribution in [2.24, 2.45) is 0 Å². The maximum atomic E-state index is 11.0. The number of carboxylic acid groups (broad SMARTS) is 1. The lowest BCUT2D eigenvalue weighted by molar-refractivity contribution is -0.251. The van der Waals surface area contributed by atoms with Crippen molar-refractivity contribution >= 4 is 18.1 Å². The summed E-state index contributed by atoms with van der Waals surface area (Å²) in [5, 5.41) is 12.0. The van der Waals surface area contributed by atoms with Gasteiger partial charge >= 0.3 is 6.21 Å². The summed E-state index contributed by atoms with van der Waals surface area (Å²) in [5.41, 5.74) is 6.37. The molecule has 0 bridgehead atoms. The van der Waals surface area contributed by atoms with Crippen molar-refractivity contribution in [2.75, 3.05) is 0 Å². The topological polar surface area (TPSA) is 107 Å². The average Bonchev–Trinajstić information content (AvgIpc) is 2.03. The van der Waals surface area contributed by atoms with E-state index in [2.05, 4.69) is 11.4 Å². The number of nitrogens with one attached hydrogen (secondary N) is 2. The van der Waals surface area contributed by atoms with Crippen molar-refractivity contribution in [1.82, 2.24) is 5.32 Å². The summed E-state index contributed by atoms with van der Waals surface area (Å²) in [5.74, 6) is -0.598. The highest BCUT2D eigenvalue weighted by Gasteiger charge is 2.18. The van der Waals surface area contributed by atoms with Gasteiger partial charge < -0.3 is 15.2 Å². The number of hydrogen-bond acceptors (Lipinski definition) is 4. The third kappa shape index (κ3) is 4.49. The van der Waals surface area contributed by atoms with Gasteiger partial charge in [0, 0.05) is 0 Å². The molecule has 0 aliphatic heterocycles. The van der Waals surface area contributed by atoms with Gasteiger partial charge in [-0.05, 0) is 6.42 Å². The highest BCUT2D eigenvalue weighted by atomic mass is 16.4. The summed E-state index contributed by atoms with van der Waals surface area (Å²) >= 11 is 0. The van der Waals surface area contributed by atoms with E-state index in [-0.39, 0.29) is 6.42 Å². The number of hydrogen-bond donors (Lipinski definition) is 2. The SMILES string of the molecule is C=CCC(NC(=O)[O-])C(=O)C=[N+]=N. The first kappa shape index (κ1) is 11.1. The smallest absolute Gasteiger partial charge is 0.374 e. The van der Waals surface area contributed by atoms with E-state index in [1.807, 2.05) is 5.32 Å². The molecular formula is C7H9N3O3. The standard InChI is InChI=1S/C7H9N3O3/c1-2-3-5(10-7(12)13)6(11)4-9-8/h2,4-5,8,10H,1,3H2. The molecule has 0 aliphatic carbocycles. The zero-order valence-corrected chi connectivity index (χ0v) is 6.82. The molecule has 70 valence electrons. The first-order chi connectivity index (χ1) is 6.11. The van der Waals surface area contributed by atoms with Crippen LogP contribution in [0.5, 0.6) is 0 Å². The van der Waals surface area contributed by atoms with Gasteiger partial charge in [-0.2, -0.15) is 0 Å². The van der Waals surface area contributed by atoms with Crippen LogP contribution >= 0.6 is 0 Å². The summed E-state index contributed by atoms with van der Waals surface area (Å²) in [6.45, 7) is 3.35. The van der Waals surface area contributed by atoms with Crippen LogP contribution in [0.2, 0.25) is 0 Å². The Labute approximate surface area is 74.5 Å². The van der Waals surface area contributed by atoms with E-state index >= 15 is 0 Å². The normalized spacial score (nSPS) is 10.8. The Kier molecular flexibility index (Phi) is 4.83. The van der Waals surface area contributed by atoms with Crippen molar-refractivity contribution < 1.29 is 19.5 Å². The highest BCUT2D eigenvalue weighted by Crippen LogP contribution is 1.92. The summed E-state index contributed by atoms with van der Waals surface area (Å²) in [6.07, 6.45) is 0.706. The first-order valence-electron chi connectivity index (χ1n) is 3.43. The minimum Gasteiger partial charge on any atom is -0.530 e. The van der Waals surface area contributed by atoms with E-state index in [9.17, 15) is 14.7 Å². The molecule has 0 aromatic carbocycles. The van der Waals surface area contributed by atoms with Crippen LogP contribution in [0.3, 0.4) is 0 Å². The van der Waals surface area contributed by atoms with Gasteiger partial charge in [0.2, 0.25) is 0 Å². The monoisotopic (exact) mass is 183 g/mol. The van der Waals surface area contributed by atoms with Crippen molar-refractivity contribution in [3.05, 3.63) is 12.7 Å². The van der Waals surface area contributed by atoms with Crippen LogP contribution in [-0.2, 0) is 4.79 Å². The molecule has 0 rings (SSSR count). The molecule has 0 saturated heterocycles. The molecule has 0 heterocycles. The second kappa shape index (κ2) is 5.68. The number of Topliss-reactive ketones (excluding diaryl/α,β-unsaturated/α-hetero) is 1. The fraction of sp³-hybridized carbons (Fsp3) is 0.286. The van der Waals surface area contributed by atoms with Crippen molar-refractivity contribution in [3.63, 3.8) is 0 Å². The lowest BCUT2D eigenvalue weighted by atomic mass is 10.1. The predicted octanol–water partition coefficient (Wildman–Crippen LogP) is -1.26. The van der Waals surface area contributed by atoms with Gasteiger partial charge in [0.05, 0.1) is 10.3 Å². The predicted molar refractivity (Wildman–Crippen MR) is 41.2 cm³/mol. The minimum absolute atomic E-state index is 0.138. The fourth-order valence-corrected chi connectivity index (χ4v) is 0.709. The van der Waals surface area contributed by atoms with Crippen LogP contribution in [0, 0.1) is 5.53 Å². The van der Waals surface area contributed by atoms with Gasteiger partial charge in [-0.1, -0.05) is 6.08 Å². The number of ketones is 1. The van der Waals surface area contributed by atoms with E-state index in [0.717, 1.165) is 6.21 Å². The second-order valence-corrected chi connectivity index (χ2v) is 2.17. The molecule has 2 N–H and O–H groups in total. The Morgan fingerprint density at radius 1 is 1.69 bits per heavy atom. The summed E-state index contributed by atoms with van der Waals surface area (Å²) in [4.78, 5) is 23.8. The molecule has 6 nitrogen and oxygen atoms in total. The van der Waals surface area contributed by atoms with Crippen molar-refractivity contribution in [1.29, 1.82) is 5.53 Å². The van der Waals surface area contributed by atoms with Crippen LogP contribution in [0.15, 0.2) is 12.7 Å². The molecular weight excluding hydrogens is 174 g/mol. The molecule has 0 spiro atoms. The van der Waals surface area contributed by atoms with Crippen LogP contribution in [0.1, 0.15) is 6.42 Å². The number of carbonyl (C=O) groups excluding carboxylic acids is 2. The molecule has 0 aromatic rings. The van der Waals surface area contributed by atoms with Gasteiger partial charge in [-0.15, -0.1) is 6.58 Å². The Balaban J connectivity index is 4.39. The number of amides is 1. The van der Waals surface area contributed by atoms with Crippen LogP contribution in [0.25, 0.3) is 0 Å². The van der Waals surface area contributed by atoms with Gasteiger partial charge in [0.15, 0.2) is 0 Å². The molecule has 1 atom stereocenters. The third-order valence-corrected chi connectivity index (χ3v) is 1.23. The Hall–Kier alpha value is -1.94. The van der Waals surface area contributed by atoms with Crippen molar-refractivity contribution in [3.8, 4) is 0 Å². The molecule has 0 radical (unpaired) electrons. The van der Waals surface area contributed by atoms with Crippen LogP contribution in [0.4, 0.5) is 4.79 Å². The Bertz CT molecular complexity index is 268. The third-order valence-electron chi connectivity index (χ3n) is 1.23. The molecule has 13 heavy (non-hydrogen) atoms. The van der Waals surface area contributed by atoms with Crippen molar-refractivity contribution in [2.45, 2.75) is 12.5 Å². The van der Waals surface area contributed by atoms with Crippen LogP contribution in [-0.4, -0.2) is 28.9 Å². The lowest BCUT2D eigenvalue weighted by Gasteiger charge is -2.13. The van der Waals surface area contributed by atoms with Gasteiger partial charge in [0.25, 0.3) is 5.78 Å². The Morgan fingerprint density at radius 2 is 2.31 bits per heavy atom. The second-order valence-electron chi connectivity index (χ2n) is 2.17. The highest BCUT2D eigenvalue weighted by molar-refractivity contribution is 6.28. The molecule has 0 aliphatic rings. The zero-order chi connectivity index (χ0) is 10.3. The average molecular weight is 183 g/mol. The molecule has 6 heteroatoms. The van der Waals surface area contributed by atoms with Gasteiger partial charge in [-0.25, -0.2) is 0 Å². The van der Waals surface area contributed by atoms with Gasteiger partial charge in [0.1, 0.15) is 12.1 Å². The molecule has 0 saturated carbocycles. The maximum Gasteiger partial charge on any atom is 0.374 e. The van der Waals surface area contributed by atoms with E-state index in [1.165, 1.54) is 6.08 Å².